The number of anilines is 1. The van der Waals surface area contributed by atoms with Crippen LogP contribution < -0.4 is 4.90 Å². The number of aromatic carboxylic acids is 1. The number of carbonyl (C=O) groups is 1. The van der Waals surface area contributed by atoms with Crippen LogP contribution in [0.5, 0.6) is 0 Å². The predicted molar refractivity (Wildman–Crippen MR) is 56.9 cm³/mol. The Labute approximate surface area is 84.0 Å². The van der Waals surface area contributed by atoms with Crippen LogP contribution >= 0.6 is 0 Å². The monoisotopic (exact) mass is 193 g/mol. The molecule has 14 heavy (non-hydrogen) atoms. The lowest BCUT2D eigenvalue weighted by Gasteiger charge is -2.23. The van der Waals surface area contributed by atoms with Crippen LogP contribution in [0.3, 0.4) is 0 Å². The van der Waals surface area contributed by atoms with Crippen molar-refractivity contribution in [3.05, 3.63) is 29.8 Å². The minimum atomic E-state index is -0.885. The van der Waals surface area contributed by atoms with E-state index in [1.165, 1.54) is 0 Å². The van der Waals surface area contributed by atoms with E-state index >= 15 is 0 Å². The molecule has 0 atom stereocenters. The number of hydrogen-bond donors (Lipinski definition) is 1. The number of benzene rings is 1. The molecule has 1 aromatic rings. The molecule has 0 aromatic heterocycles. The van der Waals surface area contributed by atoms with Gasteiger partial charge in [0.15, 0.2) is 0 Å². The zero-order valence-electron chi connectivity index (χ0n) is 8.69. The molecule has 0 amide bonds. The molecule has 1 N–H and O–H groups in total. The second-order valence-electron chi connectivity index (χ2n) is 3.56. The molecule has 0 saturated carbocycles. The van der Waals surface area contributed by atoms with E-state index < -0.39 is 5.97 Å². The van der Waals surface area contributed by atoms with Crippen molar-refractivity contribution in [1.82, 2.24) is 0 Å². The van der Waals surface area contributed by atoms with Crippen LogP contribution in [0.2, 0.25) is 0 Å². The molecule has 0 fully saturated rings. The second-order valence-corrected chi connectivity index (χ2v) is 3.56. The first-order chi connectivity index (χ1) is 6.52. The lowest BCUT2D eigenvalue weighted by molar-refractivity contribution is 0.0697. The third kappa shape index (κ3) is 2.25. The van der Waals surface area contributed by atoms with E-state index in [0.717, 1.165) is 5.69 Å². The van der Waals surface area contributed by atoms with Crippen molar-refractivity contribution in [1.29, 1.82) is 0 Å². The topological polar surface area (TPSA) is 40.5 Å². The summed E-state index contributed by atoms with van der Waals surface area (Å²) in [6, 6.07) is 7.31. The molecule has 0 aliphatic heterocycles. The van der Waals surface area contributed by atoms with Crippen molar-refractivity contribution in [2.45, 2.75) is 19.9 Å². The molecule has 0 heterocycles. The SMILES string of the molecule is CC(C)N(C)c1cccc(C(=O)O)c1. The number of carboxylic acid groups (broad SMARTS) is 1. The van der Waals surface area contributed by atoms with Gasteiger partial charge in [0.1, 0.15) is 0 Å². The summed E-state index contributed by atoms with van der Waals surface area (Å²) >= 11 is 0. The molecule has 3 nitrogen and oxygen atoms in total. The molecular formula is C11H15NO2. The molecule has 76 valence electrons. The Morgan fingerprint density at radius 1 is 1.43 bits per heavy atom. The zero-order valence-corrected chi connectivity index (χ0v) is 8.69. The summed E-state index contributed by atoms with van der Waals surface area (Å²) in [4.78, 5) is 12.8. The molecule has 3 heteroatoms. The summed E-state index contributed by atoms with van der Waals surface area (Å²) in [6.45, 7) is 4.13. The van der Waals surface area contributed by atoms with Crippen LogP contribution in [0.15, 0.2) is 24.3 Å². The Kier molecular flexibility index (Phi) is 3.12. The minimum absolute atomic E-state index is 0.329. The fraction of sp³-hybridized carbons (Fsp3) is 0.364. The van der Waals surface area contributed by atoms with Gasteiger partial charge in [0.05, 0.1) is 5.56 Å². The fourth-order valence-electron chi connectivity index (χ4n) is 1.16. The van der Waals surface area contributed by atoms with Crippen molar-refractivity contribution in [2.75, 3.05) is 11.9 Å². The van der Waals surface area contributed by atoms with Crippen LogP contribution in [0.1, 0.15) is 24.2 Å². The summed E-state index contributed by atoms with van der Waals surface area (Å²) in [5, 5.41) is 8.81. The lowest BCUT2D eigenvalue weighted by Crippen LogP contribution is -2.25. The first-order valence-corrected chi connectivity index (χ1v) is 4.58. The third-order valence-corrected chi connectivity index (χ3v) is 2.27. The maximum absolute atomic E-state index is 10.7. The summed E-state index contributed by atoms with van der Waals surface area (Å²) < 4.78 is 0. The van der Waals surface area contributed by atoms with E-state index in [1.54, 1.807) is 18.2 Å². The van der Waals surface area contributed by atoms with E-state index in [-0.39, 0.29) is 0 Å². The molecular weight excluding hydrogens is 178 g/mol. The molecule has 1 rings (SSSR count). The molecule has 1 aromatic carbocycles. The number of hydrogen-bond acceptors (Lipinski definition) is 2. The van der Waals surface area contributed by atoms with Crippen molar-refractivity contribution >= 4 is 11.7 Å². The van der Waals surface area contributed by atoms with E-state index in [4.69, 9.17) is 5.11 Å². The summed E-state index contributed by atoms with van der Waals surface area (Å²) in [6.07, 6.45) is 0. The Bertz CT molecular complexity index is 334. The highest BCUT2D eigenvalue weighted by atomic mass is 16.4. The number of rotatable bonds is 3. The molecule has 0 spiro atoms. The van der Waals surface area contributed by atoms with Gasteiger partial charge in [0, 0.05) is 18.8 Å². The maximum Gasteiger partial charge on any atom is 0.335 e. The molecule has 0 bridgehead atoms. The van der Waals surface area contributed by atoms with E-state index in [2.05, 4.69) is 13.8 Å². The van der Waals surface area contributed by atoms with Crippen molar-refractivity contribution in [3.63, 3.8) is 0 Å². The highest BCUT2D eigenvalue weighted by Gasteiger charge is 2.07. The van der Waals surface area contributed by atoms with Gasteiger partial charge in [-0.3, -0.25) is 0 Å². The highest BCUT2D eigenvalue weighted by Crippen LogP contribution is 2.16. The van der Waals surface area contributed by atoms with Crippen LogP contribution in [-0.2, 0) is 0 Å². The van der Waals surface area contributed by atoms with Crippen LogP contribution in [0.4, 0.5) is 5.69 Å². The van der Waals surface area contributed by atoms with Gasteiger partial charge in [-0.15, -0.1) is 0 Å². The largest absolute Gasteiger partial charge is 0.478 e. The third-order valence-electron chi connectivity index (χ3n) is 2.27. The zero-order chi connectivity index (χ0) is 10.7. The predicted octanol–water partition coefficient (Wildman–Crippen LogP) is 2.23. The van der Waals surface area contributed by atoms with Gasteiger partial charge in [-0.25, -0.2) is 4.79 Å². The molecule has 0 aliphatic rings. The Morgan fingerprint density at radius 3 is 2.57 bits per heavy atom. The first-order valence-electron chi connectivity index (χ1n) is 4.58. The standard InChI is InChI=1S/C11H15NO2/c1-8(2)12(3)10-6-4-5-9(7-10)11(13)14/h4-8H,1-3H3,(H,13,14). The highest BCUT2D eigenvalue weighted by molar-refractivity contribution is 5.88. The van der Waals surface area contributed by atoms with Crippen LogP contribution in [0, 0.1) is 0 Å². The normalized spacial score (nSPS) is 10.3. The second kappa shape index (κ2) is 4.13. The molecule has 0 unspecified atom stereocenters. The average Bonchev–Trinajstić information content (AvgIpc) is 2.16. The van der Waals surface area contributed by atoms with Crippen molar-refractivity contribution in [2.24, 2.45) is 0 Å². The average molecular weight is 193 g/mol. The van der Waals surface area contributed by atoms with E-state index in [1.807, 2.05) is 18.0 Å². The maximum atomic E-state index is 10.7. The van der Waals surface area contributed by atoms with Gasteiger partial charge in [-0.05, 0) is 32.0 Å². The van der Waals surface area contributed by atoms with Crippen molar-refractivity contribution in [3.8, 4) is 0 Å². The van der Waals surface area contributed by atoms with Crippen LogP contribution in [-0.4, -0.2) is 24.2 Å². The number of carboxylic acids is 1. The van der Waals surface area contributed by atoms with E-state index in [0.29, 0.717) is 11.6 Å². The lowest BCUT2D eigenvalue weighted by atomic mass is 10.2. The molecule has 0 radical (unpaired) electrons. The Hall–Kier alpha value is -1.51. The van der Waals surface area contributed by atoms with Gasteiger partial charge in [-0.1, -0.05) is 6.07 Å². The van der Waals surface area contributed by atoms with Gasteiger partial charge in [0.25, 0.3) is 0 Å². The fourth-order valence-corrected chi connectivity index (χ4v) is 1.16. The van der Waals surface area contributed by atoms with Crippen molar-refractivity contribution < 1.29 is 9.90 Å². The molecule has 0 aliphatic carbocycles. The van der Waals surface area contributed by atoms with Crippen LogP contribution in [0.25, 0.3) is 0 Å². The van der Waals surface area contributed by atoms with Gasteiger partial charge in [-0.2, -0.15) is 0 Å². The summed E-state index contributed by atoms with van der Waals surface area (Å²) in [7, 11) is 1.95. The molecule has 0 saturated heterocycles. The van der Waals surface area contributed by atoms with E-state index in [9.17, 15) is 4.79 Å². The summed E-state index contributed by atoms with van der Waals surface area (Å²) in [5.74, 6) is -0.885. The Morgan fingerprint density at radius 2 is 2.07 bits per heavy atom. The van der Waals surface area contributed by atoms with Gasteiger partial charge < -0.3 is 10.0 Å². The first kappa shape index (κ1) is 10.6. The van der Waals surface area contributed by atoms with Gasteiger partial charge in [0.2, 0.25) is 0 Å². The quantitative estimate of drug-likeness (QED) is 0.800. The minimum Gasteiger partial charge on any atom is -0.478 e. The van der Waals surface area contributed by atoms with Gasteiger partial charge >= 0.3 is 5.97 Å². The number of nitrogens with zero attached hydrogens (tertiary/aromatic N) is 1. The smallest absolute Gasteiger partial charge is 0.335 e. The Balaban J connectivity index is 2.99. The summed E-state index contributed by atoms with van der Waals surface area (Å²) in [5.41, 5.74) is 1.26.